The minimum Gasteiger partial charge on any atom is -0.382 e. The van der Waals surface area contributed by atoms with E-state index in [1.54, 1.807) is 32.0 Å². The molecule has 1 rings (SSSR count). The van der Waals surface area contributed by atoms with Gasteiger partial charge in [0.05, 0.1) is 13.2 Å². The minimum absolute atomic E-state index is 0. The Labute approximate surface area is 171 Å². The summed E-state index contributed by atoms with van der Waals surface area (Å²) in [6, 6.07) is 4.92. The minimum atomic E-state index is -0.196. The van der Waals surface area contributed by atoms with E-state index < -0.39 is 0 Å². The van der Waals surface area contributed by atoms with E-state index in [9.17, 15) is 4.39 Å². The van der Waals surface area contributed by atoms with Crippen molar-refractivity contribution < 1.29 is 13.9 Å². The molecule has 0 heterocycles. The van der Waals surface area contributed by atoms with Gasteiger partial charge in [0.2, 0.25) is 0 Å². The first-order valence-corrected chi connectivity index (χ1v) is 9.38. The molecule has 0 atom stereocenters. The first kappa shape index (κ1) is 24.4. The molecule has 0 saturated heterocycles. The second-order valence-electron chi connectivity index (χ2n) is 5.16. The molecule has 0 radical (unpaired) electrons. The maximum Gasteiger partial charge on any atom is 0.191 e. The SMILES string of the molecule is CN=C(NCCCOCCOC)NCc1ccc(F)cc1CSC.I. The highest BCUT2D eigenvalue weighted by Crippen LogP contribution is 2.16. The van der Waals surface area contributed by atoms with E-state index in [-0.39, 0.29) is 29.8 Å². The molecule has 5 nitrogen and oxygen atoms in total. The number of nitrogens with one attached hydrogen (secondary N) is 2. The van der Waals surface area contributed by atoms with Gasteiger partial charge in [0.15, 0.2) is 5.96 Å². The summed E-state index contributed by atoms with van der Waals surface area (Å²) in [6.07, 6.45) is 2.90. The lowest BCUT2D eigenvalue weighted by Crippen LogP contribution is -2.37. The molecule has 8 heteroatoms. The van der Waals surface area contributed by atoms with E-state index in [0.29, 0.717) is 26.4 Å². The average Bonchev–Trinajstić information content (AvgIpc) is 2.58. The Balaban J connectivity index is 0.00000576. The monoisotopic (exact) mass is 485 g/mol. The molecule has 0 aliphatic rings. The van der Waals surface area contributed by atoms with Gasteiger partial charge in [0.25, 0.3) is 0 Å². The van der Waals surface area contributed by atoms with Crippen LogP contribution in [0.1, 0.15) is 17.5 Å². The summed E-state index contributed by atoms with van der Waals surface area (Å²) in [4.78, 5) is 4.20. The van der Waals surface area contributed by atoms with Gasteiger partial charge in [-0.3, -0.25) is 4.99 Å². The summed E-state index contributed by atoms with van der Waals surface area (Å²) in [6.45, 7) is 3.30. The van der Waals surface area contributed by atoms with Crippen molar-refractivity contribution in [2.45, 2.75) is 18.7 Å². The Morgan fingerprint density at radius 2 is 2.00 bits per heavy atom. The Morgan fingerprint density at radius 1 is 1.20 bits per heavy atom. The van der Waals surface area contributed by atoms with Gasteiger partial charge in [-0.1, -0.05) is 6.07 Å². The molecule has 0 amide bonds. The average molecular weight is 485 g/mol. The summed E-state index contributed by atoms with van der Waals surface area (Å²) in [5, 5.41) is 6.50. The molecule has 1 aromatic carbocycles. The lowest BCUT2D eigenvalue weighted by Gasteiger charge is -2.14. The van der Waals surface area contributed by atoms with Gasteiger partial charge in [-0.2, -0.15) is 11.8 Å². The van der Waals surface area contributed by atoms with Gasteiger partial charge in [0.1, 0.15) is 5.82 Å². The van der Waals surface area contributed by atoms with E-state index in [2.05, 4.69) is 15.6 Å². The Morgan fingerprint density at radius 3 is 2.68 bits per heavy atom. The van der Waals surface area contributed by atoms with E-state index in [1.165, 1.54) is 6.07 Å². The number of halogens is 2. The second kappa shape index (κ2) is 15.7. The van der Waals surface area contributed by atoms with Crippen molar-refractivity contribution in [3.63, 3.8) is 0 Å². The Bertz CT molecular complexity index is 507. The predicted octanol–water partition coefficient (Wildman–Crippen LogP) is 3.02. The van der Waals surface area contributed by atoms with Crippen LogP contribution >= 0.6 is 35.7 Å². The lowest BCUT2D eigenvalue weighted by molar-refractivity contribution is 0.0698. The van der Waals surface area contributed by atoms with E-state index in [1.807, 2.05) is 12.3 Å². The second-order valence-corrected chi connectivity index (χ2v) is 6.02. The quantitative estimate of drug-likeness (QED) is 0.219. The summed E-state index contributed by atoms with van der Waals surface area (Å²) in [7, 11) is 3.39. The first-order chi connectivity index (χ1) is 11.7. The van der Waals surface area contributed by atoms with Gasteiger partial charge in [-0.15, -0.1) is 24.0 Å². The van der Waals surface area contributed by atoms with Crippen molar-refractivity contribution in [3.8, 4) is 0 Å². The fourth-order valence-electron chi connectivity index (χ4n) is 2.08. The van der Waals surface area contributed by atoms with Crippen molar-refractivity contribution in [3.05, 3.63) is 35.1 Å². The van der Waals surface area contributed by atoms with Crippen molar-refractivity contribution in [1.29, 1.82) is 0 Å². The molecule has 0 bridgehead atoms. The van der Waals surface area contributed by atoms with E-state index in [0.717, 1.165) is 35.8 Å². The number of guanidine groups is 1. The number of ether oxygens (including phenoxy) is 2. The standard InChI is InChI=1S/C17H28FN3O2S.HI/c1-19-17(20-7-4-8-23-10-9-22-2)21-12-14-5-6-16(18)11-15(14)13-24-3;/h5-6,11H,4,7-10,12-13H2,1-3H3,(H2,19,20,21);1H. The van der Waals surface area contributed by atoms with Crippen LogP contribution in [0.2, 0.25) is 0 Å². The molecule has 0 aliphatic carbocycles. The van der Waals surface area contributed by atoms with Gasteiger partial charge >= 0.3 is 0 Å². The topological polar surface area (TPSA) is 54.9 Å². The molecule has 0 aliphatic heterocycles. The number of benzene rings is 1. The highest BCUT2D eigenvalue weighted by Gasteiger charge is 2.05. The van der Waals surface area contributed by atoms with Crippen LogP contribution in [0.15, 0.2) is 23.2 Å². The number of rotatable bonds is 11. The zero-order chi connectivity index (χ0) is 17.6. The molecule has 25 heavy (non-hydrogen) atoms. The maximum absolute atomic E-state index is 13.4. The van der Waals surface area contributed by atoms with Gasteiger partial charge in [-0.05, 0) is 35.9 Å². The van der Waals surface area contributed by atoms with Crippen LogP contribution in [0.5, 0.6) is 0 Å². The third-order valence-corrected chi connectivity index (χ3v) is 3.93. The van der Waals surface area contributed by atoms with Crippen LogP contribution in [0, 0.1) is 5.82 Å². The van der Waals surface area contributed by atoms with E-state index >= 15 is 0 Å². The molecule has 0 spiro atoms. The largest absolute Gasteiger partial charge is 0.382 e. The molecule has 0 aromatic heterocycles. The van der Waals surface area contributed by atoms with Crippen LogP contribution in [-0.4, -0.2) is 52.7 Å². The van der Waals surface area contributed by atoms with E-state index in [4.69, 9.17) is 9.47 Å². The van der Waals surface area contributed by atoms with Gasteiger partial charge in [0, 0.05) is 39.6 Å². The van der Waals surface area contributed by atoms with Crippen molar-refractivity contribution in [2.24, 2.45) is 4.99 Å². The third kappa shape index (κ3) is 10.9. The van der Waals surface area contributed by atoms with Crippen LogP contribution in [0.4, 0.5) is 4.39 Å². The molecular formula is C17H29FIN3O2S. The fraction of sp³-hybridized carbons (Fsp3) is 0.588. The van der Waals surface area contributed by atoms with Gasteiger partial charge in [-0.25, -0.2) is 4.39 Å². The van der Waals surface area contributed by atoms with Crippen molar-refractivity contribution >= 4 is 41.7 Å². The smallest absolute Gasteiger partial charge is 0.191 e. The Hall–Kier alpha value is -0.580. The normalized spacial score (nSPS) is 11.1. The lowest BCUT2D eigenvalue weighted by atomic mass is 10.1. The summed E-state index contributed by atoms with van der Waals surface area (Å²) in [5.74, 6) is 1.32. The fourth-order valence-corrected chi connectivity index (χ4v) is 2.66. The molecule has 0 unspecified atom stereocenters. The molecule has 0 fully saturated rings. The molecule has 144 valence electrons. The summed E-state index contributed by atoms with van der Waals surface area (Å²) < 4.78 is 23.7. The van der Waals surface area contributed by atoms with Crippen molar-refractivity contribution in [1.82, 2.24) is 10.6 Å². The number of thioether (sulfide) groups is 1. The molecular weight excluding hydrogens is 456 g/mol. The summed E-state index contributed by atoms with van der Waals surface area (Å²) in [5.41, 5.74) is 2.09. The number of hydrogen-bond donors (Lipinski definition) is 2. The Kier molecular flexibility index (Phi) is 15.3. The molecule has 0 saturated carbocycles. The maximum atomic E-state index is 13.4. The third-order valence-electron chi connectivity index (χ3n) is 3.33. The van der Waals surface area contributed by atoms with Gasteiger partial charge < -0.3 is 20.1 Å². The number of hydrogen-bond acceptors (Lipinski definition) is 4. The number of methoxy groups -OCH3 is 1. The highest BCUT2D eigenvalue weighted by atomic mass is 127. The van der Waals surface area contributed by atoms with Crippen LogP contribution < -0.4 is 10.6 Å². The number of aliphatic imine (C=N–C) groups is 1. The predicted molar refractivity (Wildman–Crippen MR) is 115 cm³/mol. The van der Waals surface area contributed by atoms with Crippen LogP contribution in [0.25, 0.3) is 0 Å². The first-order valence-electron chi connectivity index (χ1n) is 7.98. The van der Waals surface area contributed by atoms with Crippen LogP contribution in [0.3, 0.4) is 0 Å². The highest BCUT2D eigenvalue weighted by molar-refractivity contribution is 14.0. The molecule has 1 aromatic rings. The zero-order valence-electron chi connectivity index (χ0n) is 15.1. The van der Waals surface area contributed by atoms with Crippen molar-refractivity contribution in [2.75, 3.05) is 46.8 Å². The molecule has 2 N–H and O–H groups in total. The number of nitrogens with zero attached hydrogens (tertiary/aromatic N) is 1. The van der Waals surface area contributed by atoms with Crippen LogP contribution in [-0.2, 0) is 21.8 Å². The zero-order valence-corrected chi connectivity index (χ0v) is 18.3. The summed E-state index contributed by atoms with van der Waals surface area (Å²) >= 11 is 1.68.